The van der Waals surface area contributed by atoms with Crippen molar-refractivity contribution >= 4 is 26.6 Å². The molecule has 26 heavy (non-hydrogen) atoms. The lowest BCUT2D eigenvalue weighted by Crippen LogP contribution is -2.14. The van der Waals surface area contributed by atoms with Crippen molar-refractivity contribution in [1.82, 2.24) is 4.57 Å². The Bertz CT molecular complexity index is 1030. The number of ether oxygens (including phenoxy) is 1. The number of hydrogen-bond acceptors (Lipinski definition) is 3. The van der Waals surface area contributed by atoms with Crippen molar-refractivity contribution in [2.45, 2.75) is 13.5 Å². The monoisotopic (exact) mass is 380 g/mol. The van der Waals surface area contributed by atoms with Gasteiger partial charge >= 0.3 is 6.61 Å². The lowest BCUT2D eigenvalue weighted by molar-refractivity contribution is -0.0497. The number of halogens is 2. The fraction of sp³-hybridized carbons (Fsp3) is 0.222. The first-order valence-electron chi connectivity index (χ1n) is 7.94. The lowest BCUT2D eigenvalue weighted by atomic mass is 10.1. The molecule has 138 valence electrons. The third kappa shape index (κ3) is 3.80. The molecule has 0 aliphatic rings. The van der Waals surface area contributed by atoms with E-state index in [1.165, 1.54) is 6.07 Å². The van der Waals surface area contributed by atoms with Crippen LogP contribution in [0.3, 0.4) is 0 Å². The van der Waals surface area contributed by atoms with Crippen LogP contribution < -0.4 is 9.46 Å². The number of sulfonamides is 1. The first kappa shape index (κ1) is 18.2. The van der Waals surface area contributed by atoms with Crippen LogP contribution in [0.1, 0.15) is 6.92 Å². The van der Waals surface area contributed by atoms with Gasteiger partial charge in [-0.3, -0.25) is 4.72 Å². The maximum Gasteiger partial charge on any atom is 0.387 e. The maximum atomic E-state index is 12.4. The summed E-state index contributed by atoms with van der Waals surface area (Å²) < 4.78 is 56.9. The number of rotatable bonds is 6. The number of hydrogen-bond donors (Lipinski definition) is 1. The molecule has 1 heterocycles. The van der Waals surface area contributed by atoms with Crippen molar-refractivity contribution in [3.8, 4) is 17.0 Å². The van der Waals surface area contributed by atoms with Gasteiger partial charge in [-0.05, 0) is 42.8 Å². The molecule has 0 fully saturated rings. The fourth-order valence-electron chi connectivity index (χ4n) is 2.72. The Hall–Kier alpha value is -2.61. The summed E-state index contributed by atoms with van der Waals surface area (Å²) in [5.74, 6) is 0.102. The van der Waals surface area contributed by atoms with E-state index in [0.29, 0.717) is 5.69 Å². The Kier molecular flexibility index (Phi) is 4.86. The number of benzene rings is 2. The number of aromatic nitrogens is 1. The number of fused-ring (bicyclic) bond motifs is 1. The number of aryl methyl sites for hydroxylation is 1. The minimum Gasteiger partial charge on any atom is -0.435 e. The second kappa shape index (κ2) is 6.95. The van der Waals surface area contributed by atoms with E-state index in [0.717, 1.165) is 22.2 Å². The molecule has 0 saturated heterocycles. The SMILES string of the molecule is CCS(=O)(=O)Nc1ccc(-c2cc3ccc(OC(F)F)cc3n2C)cc1. The predicted molar refractivity (Wildman–Crippen MR) is 98.1 cm³/mol. The van der Waals surface area contributed by atoms with Gasteiger partial charge in [0.05, 0.1) is 11.3 Å². The Balaban J connectivity index is 1.94. The molecule has 2 aromatic carbocycles. The summed E-state index contributed by atoms with van der Waals surface area (Å²) in [5.41, 5.74) is 2.99. The molecular weight excluding hydrogens is 362 g/mol. The highest BCUT2D eigenvalue weighted by molar-refractivity contribution is 7.92. The van der Waals surface area contributed by atoms with Gasteiger partial charge in [0.2, 0.25) is 10.0 Å². The second-order valence-electron chi connectivity index (χ2n) is 5.77. The van der Waals surface area contributed by atoms with Crippen LogP contribution in [-0.2, 0) is 17.1 Å². The zero-order valence-corrected chi connectivity index (χ0v) is 15.1. The number of nitrogens with one attached hydrogen (secondary N) is 1. The Morgan fingerprint density at radius 3 is 2.42 bits per heavy atom. The molecule has 1 N–H and O–H groups in total. The van der Waals surface area contributed by atoms with E-state index >= 15 is 0 Å². The summed E-state index contributed by atoms with van der Waals surface area (Å²) in [4.78, 5) is 0. The number of alkyl halides is 2. The van der Waals surface area contributed by atoms with Crippen LogP contribution in [-0.4, -0.2) is 25.3 Å². The highest BCUT2D eigenvalue weighted by Gasteiger charge is 2.12. The third-order valence-corrected chi connectivity index (χ3v) is 5.38. The van der Waals surface area contributed by atoms with E-state index in [1.807, 2.05) is 17.7 Å². The Morgan fingerprint density at radius 2 is 1.81 bits per heavy atom. The van der Waals surface area contributed by atoms with E-state index in [2.05, 4.69) is 9.46 Å². The van der Waals surface area contributed by atoms with E-state index < -0.39 is 16.6 Å². The predicted octanol–water partition coefficient (Wildman–Crippen LogP) is 4.21. The fourth-order valence-corrected chi connectivity index (χ4v) is 3.36. The summed E-state index contributed by atoms with van der Waals surface area (Å²) in [7, 11) is -1.49. The van der Waals surface area contributed by atoms with Crippen LogP contribution in [0.5, 0.6) is 5.75 Å². The molecule has 0 bridgehead atoms. The Labute approximate surface area is 150 Å². The molecular formula is C18H18F2N2O3S. The number of nitrogens with zero attached hydrogens (tertiary/aromatic N) is 1. The largest absolute Gasteiger partial charge is 0.435 e. The minimum absolute atomic E-state index is 0.000965. The third-order valence-electron chi connectivity index (χ3n) is 4.08. The van der Waals surface area contributed by atoms with Gasteiger partial charge in [-0.25, -0.2) is 8.42 Å². The van der Waals surface area contributed by atoms with Crippen LogP contribution in [0.4, 0.5) is 14.5 Å². The van der Waals surface area contributed by atoms with Crippen molar-refractivity contribution in [3.05, 3.63) is 48.5 Å². The summed E-state index contributed by atoms with van der Waals surface area (Å²) >= 11 is 0. The zero-order valence-electron chi connectivity index (χ0n) is 14.2. The summed E-state index contributed by atoms with van der Waals surface area (Å²) in [6.45, 7) is -1.30. The average molecular weight is 380 g/mol. The maximum absolute atomic E-state index is 12.4. The zero-order chi connectivity index (χ0) is 18.9. The molecule has 0 atom stereocenters. The van der Waals surface area contributed by atoms with Crippen molar-refractivity contribution in [1.29, 1.82) is 0 Å². The molecule has 8 heteroatoms. The van der Waals surface area contributed by atoms with E-state index in [1.54, 1.807) is 43.3 Å². The average Bonchev–Trinajstić information content (AvgIpc) is 2.91. The normalized spacial score (nSPS) is 11.9. The summed E-state index contributed by atoms with van der Waals surface area (Å²) in [5, 5.41) is 0.889. The molecule has 3 aromatic rings. The molecule has 0 aliphatic heterocycles. The molecule has 0 radical (unpaired) electrons. The van der Waals surface area contributed by atoms with Gasteiger partial charge in [0.25, 0.3) is 0 Å². The smallest absolute Gasteiger partial charge is 0.387 e. The molecule has 1 aromatic heterocycles. The van der Waals surface area contributed by atoms with Gasteiger partial charge < -0.3 is 9.30 Å². The topological polar surface area (TPSA) is 60.3 Å². The van der Waals surface area contributed by atoms with Crippen LogP contribution in [0, 0.1) is 0 Å². The molecule has 0 saturated carbocycles. The highest BCUT2D eigenvalue weighted by atomic mass is 32.2. The molecule has 0 unspecified atom stereocenters. The van der Waals surface area contributed by atoms with E-state index in [9.17, 15) is 17.2 Å². The van der Waals surface area contributed by atoms with Gasteiger partial charge in [0.15, 0.2) is 0 Å². The first-order valence-corrected chi connectivity index (χ1v) is 9.59. The van der Waals surface area contributed by atoms with Gasteiger partial charge in [-0.2, -0.15) is 8.78 Å². The standard InChI is InChI=1S/C18H18F2N2O3S/c1-3-26(23,24)21-14-7-4-12(5-8-14)16-10-13-6-9-15(25-18(19)20)11-17(13)22(16)2/h4-11,18,21H,3H2,1-2H3. The summed E-state index contributed by atoms with van der Waals surface area (Å²) in [6.07, 6.45) is 0. The second-order valence-corrected chi connectivity index (χ2v) is 7.78. The number of anilines is 1. The first-order chi connectivity index (χ1) is 12.3. The molecule has 3 rings (SSSR count). The summed E-state index contributed by atoms with van der Waals surface area (Å²) in [6, 6.07) is 13.7. The lowest BCUT2D eigenvalue weighted by Gasteiger charge is -2.09. The van der Waals surface area contributed by atoms with Gasteiger partial charge in [0, 0.05) is 29.9 Å². The molecule has 0 aliphatic carbocycles. The van der Waals surface area contributed by atoms with Crippen molar-refractivity contribution in [2.24, 2.45) is 7.05 Å². The van der Waals surface area contributed by atoms with Crippen molar-refractivity contribution < 1.29 is 21.9 Å². The van der Waals surface area contributed by atoms with Crippen LogP contribution in [0.25, 0.3) is 22.2 Å². The Morgan fingerprint density at radius 1 is 1.12 bits per heavy atom. The van der Waals surface area contributed by atoms with Crippen LogP contribution >= 0.6 is 0 Å². The van der Waals surface area contributed by atoms with Crippen molar-refractivity contribution in [3.63, 3.8) is 0 Å². The van der Waals surface area contributed by atoms with Gasteiger partial charge in [0.1, 0.15) is 5.75 Å². The molecule has 0 amide bonds. The van der Waals surface area contributed by atoms with Crippen LogP contribution in [0.15, 0.2) is 48.5 Å². The highest BCUT2D eigenvalue weighted by Crippen LogP contribution is 2.30. The van der Waals surface area contributed by atoms with Gasteiger partial charge in [-0.15, -0.1) is 0 Å². The minimum atomic E-state index is -3.32. The van der Waals surface area contributed by atoms with E-state index in [4.69, 9.17) is 0 Å². The van der Waals surface area contributed by atoms with Gasteiger partial charge in [-0.1, -0.05) is 12.1 Å². The molecule has 5 nitrogen and oxygen atoms in total. The quantitative estimate of drug-likeness (QED) is 0.697. The molecule has 0 spiro atoms. The van der Waals surface area contributed by atoms with E-state index in [-0.39, 0.29) is 11.5 Å². The van der Waals surface area contributed by atoms with Crippen molar-refractivity contribution in [2.75, 3.05) is 10.5 Å². The van der Waals surface area contributed by atoms with Crippen LogP contribution in [0.2, 0.25) is 0 Å².